The van der Waals surface area contributed by atoms with Crippen molar-refractivity contribution in [1.82, 2.24) is 9.88 Å². The van der Waals surface area contributed by atoms with Gasteiger partial charge in [0.15, 0.2) is 0 Å². The van der Waals surface area contributed by atoms with Gasteiger partial charge in [-0.05, 0) is 61.6 Å². The summed E-state index contributed by atoms with van der Waals surface area (Å²) in [5, 5.41) is 1.89. The number of thiazole rings is 1. The van der Waals surface area contributed by atoms with Crippen LogP contribution in [0.5, 0.6) is 17.2 Å². The van der Waals surface area contributed by atoms with Crippen LogP contribution in [0.2, 0.25) is 0 Å². The van der Waals surface area contributed by atoms with Crippen LogP contribution in [-0.2, 0) is 11.3 Å². The molecule has 6 nitrogen and oxygen atoms in total. The van der Waals surface area contributed by atoms with Gasteiger partial charge in [-0.1, -0.05) is 18.2 Å². The molecule has 0 radical (unpaired) electrons. The molecule has 2 heterocycles. The van der Waals surface area contributed by atoms with E-state index in [4.69, 9.17) is 14.2 Å². The molecule has 1 aliphatic heterocycles. The van der Waals surface area contributed by atoms with E-state index in [2.05, 4.69) is 4.98 Å². The fourth-order valence-electron chi connectivity index (χ4n) is 3.51. The van der Waals surface area contributed by atoms with Gasteiger partial charge in [0.25, 0.3) is 0 Å². The SMILES string of the molecule is O=C(OCc1cscn1)N1CCC(CCOc2ccc(Oc3ccccc3)cc2)CC1. The summed E-state index contributed by atoms with van der Waals surface area (Å²) in [5.41, 5.74) is 2.54. The van der Waals surface area contributed by atoms with E-state index < -0.39 is 0 Å². The van der Waals surface area contributed by atoms with Gasteiger partial charge in [0.1, 0.15) is 23.9 Å². The quantitative estimate of drug-likeness (QED) is 0.448. The molecule has 1 aromatic heterocycles. The molecule has 1 amide bonds. The highest BCUT2D eigenvalue weighted by Crippen LogP contribution is 2.25. The Hall–Kier alpha value is -3.06. The van der Waals surface area contributed by atoms with Crippen LogP contribution in [0, 0.1) is 5.92 Å². The summed E-state index contributed by atoms with van der Waals surface area (Å²) in [5.74, 6) is 2.99. The smallest absolute Gasteiger partial charge is 0.410 e. The van der Waals surface area contributed by atoms with Gasteiger partial charge >= 0.3 is 6.09 Å². The third-order valence-electron chi connectivity index (χ3n) is 5.30. The lowest BCUT2D eigenvalue weighted by Gasteiger charge is -2.31. The highest BCUT2D eigenvalue weighted by molar-refractivity contribution is 7.07. The van der Waals surface area contributed by atoms with Crippen LogP contribution in [0.1, 0.15) is 25.0 Å². The highest BCUT2D eigenvalue weighted by Gasteiger charge is 2.23. The third-order valence-corrected chi connectivity index (χ3v) is 5.93. The first kappa shape index (κ1) is 21.2. The zero-order valence-electron chi connectivity index (χ0n) is 17.3. The Morgan fingerprint density at radius 1 is 1.00 bits per heavy atom. The first-order valence-corrected chi connectivity index (χ1v) is 11.4. The number of carbonyl (C=O) groups excluding carboxylic acids is 1. The Balaban J connectivity index is 1.13. The number of hydrogen-bond donors (Lipinski definition) is 0. The van der Waals surface area contributed by atoms with Crippen molar-refractivity contribution < 1.29 is 19.0 Å². The number of aromatic nitrogens is 1. The molecule has 1 saturated heterocycles. The van der Waals surface area contributed by atoms with Crippen molar-refractivity contribution in [3.63, 3.8) is 0 Å². The predicted octanol–water partition coefficient (Wildman–Crippen LogP) is 5.75. The lowest BCUT2D eigenvalue weighted by molar-refractivity contribution is 0.0792. The molecule has 7 heteroatoms. The summed E-state index contributed by atoms with van der Waals surface area (Å²) in [7, 11) is 0. The largest absolute Gasteiger partial charge is 0.494 e. The molecule has 4 rings (SSSR count). The monoisotopic (exact) mass is 438 g/mol. The van der Waals surface area contributed by atoms with E-state index in [9.17, 15) is 4.79 Å². The molecule has 31 heavy (non-hydrogen) atoms. The van der Waals surface area contributed by atoms with Crippen LogP contribution in [0.3, 0.4) is 0 Å². The molecule has 0 atom stereocenters. The summed E-state index contributed by atoms with van der Waals surface area (Å²) < 4.78 is 17.0. The zero-order valence-corrected chi connectivity index (χ0v) is 18.1. The van der Waals surface area contributed by atoms with Gasteiger partial charge in [-0.2, -0.15) is 0 Å². The summed E-state index contributed by atoms with van der Waals surface area (Å²) in [6.45, 7) is 2.36. The number of piperidine rings is 1. The Morgan fingerprint density at radius 2 is 1.71 bits per heavy atom. The summed E-state index contributed by atoms with van der Waals surface area (Å²) in [4.78, 5) is 18.1. The maximum absolute atomic E-state index is 12.2. The second-order valence-electron chi connectivity index (χ2n) is 7.49. The van der Waals surface area contributed by atoms with Crippen molar-refractivity contribution in [2.75, 3.05) is 19.7 Å². The lowest BCUT2D eigenvalue weighted by atomic mass is 9.94. The van der Waals surface area contributed by atoms with Crippen molar-refractivity contribution >= 4 is 17.4 Å². The van der Waals surface area contributed by atoms with Crippen molar-refractivity contribution in [2.45, 2.75) is 25.9 Å². The van der Waals surface area contributed by atoms with Crippen LogP contribution < -0.4 is 9.47 Å². The number of ether oxygens (including phenoxy) is 3. The summed E-state index contributed by atoms with van der Waals surface area (Å²) in [6, 6.07) is 17.4. The molecular formula is C24H26N2O4S. The number of benzene rings is 2. The lowest BCUT2D eigenvalue weighted by Crippen LogP contribution is -2.39. The molecule has 2 aromatic carbocycles. The van der Waals surface area contributed by atoms with Gasteiger partial charge in [-0.3, -0.25) is 0 Å². The minimum atomic E-state index is -0.250. The minimum Gasteiger partial charge on any atom is -0.494 e. The van der Waals surface area contributed by atoms with Gasteiger partial charge in [0, 0.05) is 18.5 Å². The second-order valence-corrected chi connectivity index (χ2v) is 8.21. The van der Waals surface area contributed by atoms with Crippen molar-refractivity contribution in [2.24, 2.45) is 5.92 Å². The molecule has 162 valence electrons. The number of amides is 1. The molecule has 1 aliphatic rings. The number of carbonyl (C=O) groups is 1. The van der Waals surface area contributed by atoms with E-state index in [1.807, 2.05) is 60.0 Å². The number of rotatable bonds is 8. The van der Waals surface area contributed by atoms with E-state index in [0.29, 0.717) is 12.5 Å². The normalized spacial score (nSPS) is 14.3. The topological polar surface area (TPSA) is 60.9 Å². The molecule has 1 fully saturated rings. The van der Waals surface area contributed by atoms with Gasteiger partial charge in [0.2, 0.25) is 0 Å². The third kappa shape index (κ3) is 6.46. The average Bonchev–Trinajstić information content (AvgIpc) is 3.34. The molecule has 0 unspecified atom stereocenters. The molecule has 0 bridgehead atoms. The molecular weight excluding hydrogens is 412 g/mol. The molecule has 0 saturated carbocycles. The molecule has 0 spiro atoms. The summed E-state index contributed by atoms with van der Waals surface area (Å²) in [6.07, 6.45) is 2.67. The standard InChI is InChI=1S/C24H26N2O4S/c27-24(29-16-20-17-31-18-25-20)26-13-10-19(11-14-26)12-15-28-21-6-8-23(9-7-21)30-22-4-2-1-3-5-22/h1-9,17-19H,10-16H2. The maximum atomic E-state index is 12.2. The number of hydrogen-bond acceptors (Lipinski definition) is 6. The summed E-state index contributed by atoms with van der Waals surface area (Å²) >= 11 is 1.50. The Morgan fingerprint density at radius 3 is 2.42 bits per heavy atom. The first-order chi connectivity index (χ1) is 15.3. The van der Waals surface area contributed by atoms with E-state index in [1.165, 1.54) is 11.3 Å². The van der Waals surface area contributed by atoms with E-state index in [1.54, 1.807) is 10.4 Å². The molecule has 0 N–H and O–H groups in total. The van der Waals surface area contributed by atoms with Crippen LogP contribution in [0.25, 0.3) is 0 Å². The highest BCUT2D eigenvalue weighted by atomic mass is 32.1. The maximum Gasteiger partial charge on any atom is 0.410 e. The predicted molar refractivity (Wildman–Crippen MR) is 120 cm³/mol. The first-order valence-electron chi connectivity index (χ1n) is 10.5. The minimum absolute atomic E-state index is 0.241. The van der Waals surface area contributed by atoms with Crippen molar-refractivity contribution in [3.05, 3.63) is 71.2 Å². The van der Waals surface area contributed by atoms with Crippen molar-refractivity contribution in [3.8, 4) is 17.2 Å². The fourth-order valence-corrected chi connectivity index (χ4v) is 4.06. The fraction of sp³-hybridized carbons (Fsp3) is 0.333. The van der Waals surface area contributed by atoms with Gasteiger partial charge in [0.05, 0.1) is 17.8 Å². The Labute approximate surface area is 186 Å². The van der Waals surface area contributed by atoms with Gasteiger partial charge in [-0.15, -0.1) is 11.3 Å². The van der Waals surface area contributed by atoms with Gasteiger partial charge < -0.3 is 19.1 Å². The van der Waals surface area contributed by atoms with E-state index in [0.717, 1.165) is 55.3 Å². The number of para-hydroxylation sites is 1. The average molecular weight is 439 g/mol. The van der Waals surface area contributed by atoms with Crippen LogP contribution in [-0.4, -0.2) is 35.7 Å². The van der Waals surface area contributed by atoms with Gasteiger partial charge in [-0.25, -0.2) is 9.78 Å². The Kier molecular flexibility index (Phi) is 7.39. The van der Waals surface area contributed by atoms with Crippen LogP contribution in [0.15, 0.2) is 65.5 Å². The van der Waals surface area contributed by atoms with E-state index in [-0.39, 0.29) is 12.7 Å². The Bertz CT molecular complexity index is 924. The number of likely N-dealkylation sites (tertiary alicyclic amines) is 1. The van der Waals surface area contributed by atoms with Crippen molar-refractivity contribution in [1.29, 1.82) is 0 Å². The second kappa shape index (κ2) is 10.8. The van der Waals surface area contributed by atoms with E-state index >= 15 is 0 Å². The van der Waals surface area contributed by atoms with Crippen LogP contribution in [0.4, 0.5) is 4.79 Å². The number of nitrogens with zero attached hydrogens (tertiary/aromatic N) is 2. The zero-order chi connectivity index (χ0) is 21.3. The molecule has 3 aromatic rings. The molecule has 0 aliphatic carbocycles. The van der Waals surface area contributed by atoms with Crippen LogP contribution >= 0.6 is 11.3 Å².